The summed E-state index contributed by atoms with van der Waals surface area (Å²) in [5.74, 6) is -1.58. The zero-order chi connectivity index (χ0) is 16.1. The Morgan fingerprint density at radius 3 is 2.95 bits per heavy atom. The van der Waals surface area contributed by atoms with Gasteiger partial charge in [-0.2, -0.15) is 0 Å². The molecule has 0 spiro atoms. The van der Waals surface area contributed by atoms with Crippen molar-refractivity contribution in [3.63, 3.8) is 0 Å². The number of nitro benzene ring substituents is 1. The molecule has 0 saturated carbocycles. The van der Waals surface area contributed by atoms with Gasteiger partial charge in [0.15, 0.2) is 12.4 Å². The number of amides is 1. The molecule has 1 fully saturated rings. The monoisotopic (exact) mass is 310 g/mol. The fourth-order valence-corrected chi connectivity index (χ4v) is 2.75. The van der Waals surface area contributed by atoms with E-state index in [-0.39, 0.29) is 11.9 Å². The Morgan fingerprint density at radius 1 is 1.50 bits per heavy atom. The van der Waals surface area contributed by atoms with Crippen LogP contribution >= 0.6 is 0 Å². The van der Waals surface area contributed by atoms with E-state index in [1.165, 1.54) is 6.07 Å². The Bertz CT molecular complexity index is 564. The lowest BCUT2D eigenvalue weighted by Crippen LogP contribution is -2.45. The van der Waals surface area contributed by atoms with E-state index < -0.39 is 28.8 Å². The second-order valence-corrected chi connectivity index (χ2v) is 5.28. The Hall–Kier alpha value is -2.18. The molecule has 2 rings (SSSR count). The molecule has 0 aromatic heterocycles. The highest BCUT2D eigenvalue weighted by Gasteiger charge is 2.27. The van der Waals surface area contributed by atoms with Crippen LogP contribution < -0.4 is 4.74 Å². The number of piperidine rings is 1. The molecule has 7 heteroatoms. The molecule has 1 aliphatic rings. The number of nitro groups is 1. The van der Waals surface area contributed by atoms with Gasteiger partial charge in [-0.15, -0.1) is 0 Å². The number of nitrogens with zero attached hydrogens (tertiary/aromatic N) is 2. The average Bonchev–Trinajstić information content (AvgIpc) is 2.53. The number of para-hydroxylation sites is 1. The first-order valence-electron chi connectivity index (χ1n) is 7.39. The fraction of sp³-hybridized carbons (Fsp3) is 0.533. The van der Waals surface area contributed by atoms with Crippen molar-refractivity contribution >= 4 is 11.6 Å². The van der Waals surface area contributed by atoms with E-state index in [2.05, 4.69) is 0 Å². The third kappa shape index (κ3) is 3.52. The molecule has 1 aromatic carbocycles. The standard InChI is InChI=1S/C15H19FN2O4/c1-2-11-6-3-4-9-17(11)14(19)10-22-15-12(16)7-5-8-13(15)18(20)21/h5,7-8,11H,2-4,6,9-10H2,1H3. The minimum Gasteiger partial charge on any atom is -0.475 e. The molecule has 120 valence electrons. The zero-order valence-electron chi connectivity index (χ0n) is 12.5. The highest BCUT2D eigenvalue weighted by molar-refractivity contribution is 5.78. The van der Waals surface area contributed by atoms with E-state index in [1.54, 1.807) is 4.90 Å². The third-order valence-electron chi connectivity index (χ3n) is 3.90. The number of hydrogen-bond acceptors (Lipinski definition) is 4. The van der Waals surface area contributed by atoms with Crippen LogP contribution in [-0.2, 0) is 4.79 Å². The van der Waals surface area contributed by atoms with Gasteiger partial charge in [-0.1, -0.05) is 13.0 Å². The van der Waals surface area contributed by atoms with Gasteiger partial charge in [-0.3, -0.25) is 14.9 Å². The molecule has 6 nitrogen and oxygen atoms in total. The van der Waals surface area contributed by atoms with E-state index in [0.29, 0.717) is 6.54 Å². The van der Waals surface area contributed by atoms with Gasteiger partial charge in [-0.25, -0.2) is 4.39 Å². The molecule has 1 amide bonds. The predicted molar refractivity (Wildman–Crippen MR) is 78.2 cm³/mol. The van der Waals surface area contributed by atoms with Gasteiger partial charge < -0.3 is 9.64 Å². The summed E-state index contributed by atoms with van der Waals surface area (Å²) >= 11 is 0. The van der Waals surface area contributed by atoms with Crippen LogP contribution in [-0.4, -0.2) is 34.9 Å². The van der Waals surface area contributed by atoms with Crippen LogP contribution in [0.15, 0.2) is 18.2 Å². The van der Waals surface area contributed by atoms with E-state index in [9.17, 15) is 19.3 Å². The summed E-state index contributed by atoms with van der Waals surface area (Å²) < 4.78 is 18.8. The first-order chi connectivity index (χ1) is 10.5. The van der Waals surface area contributed by atoms with Crippen LogP contribution in [0.25, 0.3) is 0 Å². The van der Waals surface area contributed by atoms with E-state index in [4.69, 9.17) is 4.74 Å². The maximum absolute atomic E-state index is 13.7. The number of carbonyl (C=O) groups is 1. The fourth-order valence-electron chi connectivity index (χ4n) is 2.75. The lowest BCUT2D eigenvalue weighted by Gasteiger charge is -2.35. The lowest BCUT2D eigenvalue weighted by molar-refractivity contribution is -0.386. The van der Waals surface area contributed by atoms with Gasteiger partial charge in [0.1, 0.15) is 0 Å². The molecule has 1 heterocycles. The van der Waals surface area contributed by atoms with Crippen LogP contribution in [0.2, 0.25) is 0 Å². The Kier molecular flexibility index (Phi) is 5.30. The SMILES string of the molecule is CCC1CCCCN1C(=O)COc1c(F)cccc1[N+](=O)[O-]. The van der Waals surface area contributed by atoms with Crippen molar-refractivity contribution in [2.75, 3.05) is 13.2 Å². The van der Waals surface area contributed by atoms with Crippen molar-refractivity contribution < 1.29 is 18.8 Å². The summed E-state index contributed by atoms with van der Waals surface area (Å²) in [6.07, 6.45) is 3.82. The Morgan fingerprint density at radius 2 is 2.27 bits per heavy atom. The molecule has 0 N–H and O–H groups in total. The Labute approximate surface area is 128 Å². The molecule has 22 heavy (non-hydrogen) atoms. The van der Waals surface area contributed by atoms with Crippen molar-refractivity contribution in [3.05, 3.63) is 34.1 Å². The van der Waals surface area contributed by atoms with Gasteiger partial charge in [0.25, 0.3) is 5.91 Å². The van der Waals surface area contributed by atoms with Gasteiger partial charge in [0, 0.05) is 18.7 Å². The number of hydrogen-bond donors (Lipinski definition) is 0. The van der Waals surface area contributed by atoms with Crippen molar-refractivity contribution in [1.29, 1.82) is 0 Å². The average molecular weight is 310 g/mol. The summed E-state index contributed by atoms with van der Waals surface area (Å²) in [5, 5.41) is 10.9. The lowest BCUT2D eigenvalue weighted by atomic mass is 10.00. The smallest absolute Gasteiger partial charge is 0.314 e. The van der Waals surface area contributed by atoms with Crippen LogP contribution in [0.1, 0.15) is 32.6 Å². The van der Waals surface area contributed by atoms with Crippen molar-refractivity contribution in [2.45, 2.75) is 38.6 Å². The number of carbonyl (C=O) groups excluding carboxylic acids is 1. The minimum atomic E-state index is -0.840. The second-order valence-electron chi connectivity index (χ2n) is 5.28. The van der Waals surface area contributed by atoms with Gasteiger partial charge >= 0.3 is 5.69 Å². The Balaban J connectivity index is 2.06. The summed E-state index contributed by atoms with van der Waals surface area (Å²) in [6, 6.07) is 3.63. The molecule has 0 radical (unpaired) electrons. The van der Waals surface area contributed by atoms with Gasteiger partial charge in [0.05, 0.1) is 4.92 Å². The molecule has 1 aliphatic heterocycles. The quantitative estimate of drug-likeness (QED) is 0.619. The largest absolute Gasteiger partial charge is 0.475 e. The number of halogens is 1. The van der Waals surface area contributed by atoms with Crippen molar-refractivity contribution in [3.8, 4) is 5.75 Å². The van der Waals surface area contributed by atoms with E-state index in [1.807, 2.05) is 6.92 Å². The van der Waals surface area contributed by atoms with Crippen LogP contribution in [0.3, 0.4) is 0 Å². The van der Waals surface area contributed by atoms with Crippen molar-refractivity contribution in [2.24, 2.45) is 0 Å². The first-order valence-corrected chi connectivity index (χ1v) is 7.39. The van der Waals surface area contributed by atoms with Crippen LogP contribution in [0, 0.1) is 15.9 Å². The molecule has 0 aliphatic carbocycles. The van der Waals surface area contributed by atoms with Gasteiger partial charge in [-0.05, 0) is 31.7 Å². The van der Waals surface area contributed by atoms with Crippen LogP contribution in [0.4, 0.5) is 10.1 Å². The summed E-state index contributed by atoms with van der Waals surface area (Å²) in [4.78, 5) is 24.1. The topological polar surface area (TPSA) is 72.7 Å². The third-order valence-corrected chi connectivity index (χ3v) is 3.90. The van der Waals surface area contributed by atoms with Crippen LogP contribution in [0.5, 0.6) is 5.75 Å². The molecular formula is C15H19FN2O4. The normalized spacial score (nSPS) is 18.1. The number of ether oxygens (including phenoxy) is 1. The summed E-state index contributed by atoms with van der Waals surface area (Å²) in [7, 11) is 0. The maximum Gasteiger partial charge on any atom is 0.314 e. The summed E-state index contributed by atoms with van der Waals surface area (Å²) in [6.45, 7) is 2.27. The maximum atomic E-state index is 13.7. The molecular weight excluding hydrogens is 291 g/mol. The number of rotatable bonds is 5. The van der Waals surface area contributed by atoms with Crippen molar-refractivity contribution in [1.82, 2.24) is 4.90 Å². The first kappa shape index (κ1) is 16.2. The zero-order valence-corrected chi connectivity index (χ0v) is 12.5. The molecule has 1 aromatic rings. The minimum absolute atomic E-state index is 0.167. The molecule has 1 unspecified atom stereocenters. The molecule has 1 saturated heterocycles. The highest BCUT2D eigenvalue weighted by atomic mass is 19.1. The van der Waals surface area contributed by atoms with Gasteiger partial charge in [0.2, 0.25) is 5.75 Å². The van der Waals surface area contributed by atoms with E-state index >= 15 is 0 Å². The number of likely N-dealkylation sites (tertiary alicyclic amines) is 1. The predicted octanol–water partition coefficient (Wildman–Crippen LogP) is 2.90. The molecule has 0 bridgehead atoms. The van der Waals surface area contributed by atoms with E-state index in [0.717, 1.165) is 37.8 Å². The molecule has 1 atom stereocenters. The summed E-state index contributed by atoms with van der Waals surface area (Å²) in [5.41, 5.74) is -0.474. The number of benzene rings is 1. The highest BCUT2D eigenvalue weighted by Crippen LogP contribution is 2.29. The second kappa shape index (κ2) is 7.20.